The van der Waals surface area contributed by atoms with Gasteiger partial charge >= 0.3 is 11.9 Å². The summed E-state index contributed by atoms with van der Waals surface area (Å²) in [7, 11) is 0. The summed E-state index contributed by atoms with van der Waals surface area (Å²) in [5.41, 5.74) is 1.67. The molecule has 0 saturated carbocycles. The number of para-hydroxylation sites is 2. The van der Waals surface area contributed by atoms with Crippen LogP contribution in [-0.4, -0.2) is 31.7 Å². The van der Waals surface area contributed by atoms with Crippen molar-refractivity contribution in [2.24, 2.45) is 5.92 Å². The predicted molar refractivity (Wildman–Crippen MR) is 63.1 cm³/mol. The molecule has 0 amide bonds. The number of benzene rings is 1. The Labute approximate surface area is 102 Å². The van der Waals surface area contributed by atoms with Crippen molar-refractivity contribution in [3.8, 4) is 0 Å². The van der Waals surface area contributed by atoms with Gasteiger partial charge in [-0.3, -0.25) is 9.59 Å². The van der Waals surface area contributed by atoms with Crippen LogP contribution in [0, 0.1) is 5.92 Å². The monoisotopic (exact) mass is 248 g/mol. The first-order valence-electron chi connectivity index (χ1n) is 5.45. The summed E-state index contributed by atoms with van der Waals surface area (Å²) in [4.78, 5) is 25.7. The average Bonchev–Trinajstić information content (AvgIpc) is 2.72. The quantitative estimate of drug-likeness (QED) is 0.776. The molecule has 94 valence electrons. The molecule has 0 atom stereocenters. The van der Waals surface area contributed by atoms with E-state index in [4.69, 9.17) is 10.2 Å². The van der Waals surface area contributed by atoms with Gasteiger partial charge in [-0.05, 0) is 18.6 Å². The number of nitrogens with zero attached hydrogens (tertiary/aromatic N) is 2. The van der Waals surface area contributed by atoms with E-state index in [1.54, 1.807) is 10.9 Å². The van der Waals surface area contributed by atoms with Crippen LogP contribution in [0.3, 0.4) is 0 Å². The third-order valence-electron chi connectivity index (χ3n) is 2.78. The molecule has 18 heavy (non-hydrogen) atoms. The molecule has 1 aromatic carbocycles. The van der Waals surface area contributed by atoms with Crippen molar-refractivity contribution < 1.29 is 19.8 Å². The Kier molecular flexibility index (Phi) is 3.27. The molecule has 0 radical (unpaired) electrons. The highest BCUT2D eigenvalue weighted by molar-refractivity contribution is 5.92. The lowest BCUT2D eigenvalue weighted by Gasteiger charge is -2.08. The van der Waals surface area contributed by atoms with Crippen LogP contribution < -0.4 is 0 Å². The smallest absolute Gasteiger partial charge is 0.317 e. The number of aryl methyl sites for hydroxylation is 1. The van der Waals surface area contributed by atoms with Crippen LogP contribution >= 0.6 is 0 Å². The second-order valence-corrected chi connectivity index (χ2v) is 3.94. The molecule has 0 saturated heterocycles. The van der Waals surface area contributed by atoms with Crippen LogP contribution in [0.5, 0.6) is 0 Å². The number of imidazole rings is 1. The Bertz CT molecular complexity index is 577. The predicted octanol–water partition coefficient (Wildman–Crippen LogP) is 1.21. The van der Waals surface area contributed by atoms with E-state index in [9.17, 15) is 9.59 Å². The highest BCUT2D eigenvalue weighted by Crippen LogP contribution is 2.14. The minimum absolute atomic E-state index is 0.0328. The molecule has 0 unspecified atom stereocenters. The molecule has 0 bridgehead atoms. The zero-order chi connectivity index (χ0) is 13.1. The summed E-state index contributed by atoms with van der Waals surface area (Å²) >= 11 is 0. The van der Waals surface area contributed by atoms with Crippen LogP contribution in [0.2, 0.25) is 0 Å². The number of carbonyl (C=O) groups is 2. The zero-order valence-corrected chi connectivity index (χ0v) is 9.48. The summed E-state index contributed by atoms with van der Waals surface area (Å²) < 4.78 is 1.76. The largest absolute Gasteiger partial charge is 0.481 e. The highest BCUT2D eigenvalue weighted by Gasteiger charge is 2.25. The molecule has 0 aliphatic carbocycles. The van der Waals surface area contributed by atoms with Crippen LogP contribution in [0.25, 0.3) is 11.0 Å². The number of hydrogen-bond donors (Lipinski definition) is 2. The second-order valence-electron chi connectivity index (χ2n) is 3.94. The molecule has 6 heteroatoms. The van der Waals surface area contributed by atoms with E-state index >= 15 is 0 Å². The van der Waals surface area contributed by atoms with Crippen molar-refractivity contribution in [3.05, 3.63) is 30.6 Å². The summed E-state index contributed by atoms with van der Waals surface area (Å²) in [6.45, 7) is 0.309. The Morgan fingerprint density at radius 2 is 1.89 bits per heavy atom. The van der Waals surface area contributed by atoms with Gasteiger partial charge in [0.2, 0.25) is 0 Å². The molecule has 6 nitrogen and oxygen atoms in total. The Morgan fingerprint density at radius 3 is 2.56 bits per heavy atom. The van der Waals surface area contributed by atoms with Gasteiger partial charge in [-0.1, -0.05) is 12.1 Å². The van der Waals surface area contributed by atoms with Crippen molar-refractivity contribution in [1.82, 2.24) is 9.55 Å². The van der Waals surface area contributed by atoms with Gasteiger partial charge in [-0.25, -0.2) is 4.98 Å². The maximum atomic E-state index is 10.8. The standard InChI is InChI=1S/C12H12N2O4/c15-11(16)8(12(17)18)5-6-14-7-13-9-3-1-2-4-10(9)14/h1-4,7-8H,5-6H2,(H,15,16)(H,17,18). The molecular formula is C12H12N2O4. The number of fused-ring (bicyclic) bond motifs is 1. The fourth-order valence-electron chi connectivity index (χ4n) is 1.81. The maximum Gasteiger partial charge on any atom is 0.317 e. The van der Waals surface area contributed by atoms with Crippen molar-refractivity contribution >= 4 is 23.0 Å². The molecule has 0 fully saturated rings. The fourth-order valence-corrected chi connectivity index (χ4v) is 1.81. The topological polar surface area (TPSA) is 92.4 Å². The maximum absolute atomic E-state index is 10.8. The third-order valence-corrected chi connectivity index (χ3v) is 2.78. The second kappa shape index (κ2) is 4.87. The number of hydrogen-bond acceptors (Lipinski definition) is 3. The minimum atomic E-state index is -1.38. The number of carboxylic acids is 2. The third kappa shape index (κ3) is 2.32. The Hall–Kier alpha value is -2.37. The van der Waals surface area contributed by atoms with Crippen LogP contribution in [0.1, 0.15) is 6.42 Å². The van der Waals surface area contributed by atoms with E-state index in [-0.39, 0.29) is 6.42 Å². The van der Waals surface area contributed by atoms with Crippen LogP contribution in [0.15, 0.2) is 30.6 Å². The lowest BCUT2D eigenvalue weighted by atomic mass is 10.1. The number of aromatic nitrogens is 2. The molecule has 0 spiro atoms. The van der Waals surface area contributed by atoms with Crippen molar-refractivity contribution in [2.75, 3.05) is 0 Å². The summed E-state index contributed by atoms with van der Waals surface area (Å²) in [6, 6.07) is 7.42. The molecule has 1 aromatic heterocycles. The van der Waals surface area contributed by atoms with Gasteiger partial charge in [0.05, 0.1) is 17.4 Å². The molecule has 2 rings (SSSR count). The molecule has 2 N–H and O–H groups in total. The first-order chi connectivity index (χ1) is 8.59. The van der Waals surface area contributed by atoms with Crippen LogP contribution in [-0.2, 0) is 16.1 Å². The van der Waals surface area contributed by atoms with Crippen LogP contribution in [0.4, 0.5) is 0 Å². The van der Waals surface area contributed by atoms with Gasteiger partial charge in [-0.2, -0.15) is 0 Å². The van der Waals surface area contributed by atoms with Crippen molar-refractivity contribution in [3.63, 3.8) is 0 Å². The van der Waals surface area contributed by atoms with Crippen molar-refractivity contribution in [2.45, 2.75) is 13.0 Å². The minimum Gasteiger partial charge on any atom is -0.481 e. The first kappa shape index (κ1) is 12.1. The van der Waals surface area contributed by atoms with Gasteiger partial charge in [0, 0.05) is 6.54 Å². The van der Waals surface area contributed by atoms with E-state index in [1.807, 2.05) is 24.3 Å². The number of aliphatic carboxylic acids is 2. The van der Waals surface area contributed by atoms with Gasteiger partial charge < -0.3 is 14.8 Å². The molecule has 0 aliphatic heterocycles. The normalized spacial score (nSPS) is 10.9. The highest BCUT2D eigenvalue weighted by atomic mass is 16.4. The van der Waals surface area contributed by atoms with E-state index in [2.05, 4.69) is 4.98 Å². The lowest BCUT2D eigenvalue weighted by molar-refractivity contribution is -0.154. The van der Waals surface area contributed by atoms with Gasteiger partial charge in [-0.15, -0.1) is 0 Å². The molecule has 1 heterocycles. The first-order valence-corrected chi connectivity index (χ1v) is 5.45. The number of rotatable bonds is 5. The number of carboxylic acid groups (broad SMARTS) is 2. The molecule has 2 aromatic rings. The van der Waals surface area contributed by atoms with Gasteiger partial charge in [0.25, 0.3) is 0 Å². The SMILES string of the molecule is O=C(O)C(CCn1cnc2ccccc21)C(=O)O. The van der Waals surface area contributed by atoms with E-state index < -0.39 is 17.9 Å². The molecular weight excluding hydrogens is 236 g/mol. The van der Waals surface area contributed by atoms with E-state index in [0.717, 1.165) is 11.0 Å². The summed E-state index contributed by atoms with van der Waals surface area (Å²) in [5, 5.41) is 17.6. The lowest BCUT2D eigenvalue weighted by Crippen LogP contribution is -2.24. The fraction of sp³-hybridized carbons (Fsp3) is 0.250. The van der Waals surface area contributed by atoms with Crippen molar-refractivity contribution in [1.29, 1.82) is 0 Å². The average molecular weight is 248 g/mol. The van der Waals surface area contributed by atoms with Gasteiger partial charge in [0.15, 0.2) is 5.92 Å². The van der Waals surface area contributed by atoms with E-state index in [0.29, 0.717) is 6.54 Å². The van der Waals surface area contributed by atoms with E-state index in [1.165, 1.54) is 0 Å². The molecule has 0 aliphatic rings. The Balaban J connectivity index is 2.15. The summed E-state index contributed by atoms with van der Waals surface area (Å²) in [5.74, 6) is -4.01. The summed E-state index contributed by atoms with van der Waals surface area (Å²) in [6.07, 6.45) is 1.62. The zero-order valence-electron chi connectivity index (χ0n) is 9.48. The Morgan fingerprint density at radius 1 is 1.22 bits per heavy atom. The van der Waals surface area contributed by atoms with Gasteiger partial charge in [0.1, 0.15) is 0 Å².